The maximum atomic E-state index is 13.4. The van der Waals surface area contributed by atoms with Gasteiger partial charge in [-0.25, -0.2) is 19.8 Å². The van der Waals surface area contributed by atoms with Crippen LogP contribution in [0.25, 0.3) is 0 Å². The molecule has 0 saturated carbocycles. The van der Waals surface area contributed by atoms with Gasteiger partial charge in [-0.3, -0.25) is 4.79 Å². The van der Waals surface area contributed by atoms with Crippen LogP contribution in [-0.4, -0.2) is 34.4 Å². The number of aromatic nitrogens is 2. The smallest absolute Gasteiger partial charge is 0.250 e. The van der Waals surface area contributed by atoms with E-state index >= 15 is 0 Å². The molecule has 0 bridgehead atoms. The molecule has 0 saturated heterocycles. The molecule has 0 aliphatic heterocycles. The maximum absolute atomic E-state index is 13.4. The van der Waals surface area contributed by atoms with Crippen molar-refractivity contribution in [2.45, 2.75) is 32.5 Å². The first-order valence-corrected chi connectivity index (χ1v) is 11.3. The van der Waals surface area contributed by atoms with Crippen molar-refractivity contribution in [3.63, 3.8) is 0 Å². The Bertz CT molecular complexity index is 1120. The van der Waals surface area contributed by atoms with Crippen molar-refractivity contribution in [3.8, 4) is 11.5 Å². The lowest BCUT2D eigenvalue weighted by Crippen LogP contribution is -2.19. The van der Waals surface area contributed by atoms with Crippen LogP contribution >= 0.6 is 11.8 Å². The number of hydrogen-bond acceptors (Lipinski definition) is 7. The zero-order chi connectivity index (χ0) is 23.6. The van der Waals surface area contributed by atoms with E-state index in [2.05, 4.69) is 20.5 Å². The molecular weight excluding hydrogens is 443 g/mol. The van der Waals surface area contributed by atoms with E-state index < -0.39 is 0 Å². The minimum absolute atomic E-state index is 0.150. The van der Waals surface area contributed by atoms with E-state index in [1.165, 1.54) is 30.1 Å². The van der Waals surface area contributed by atoms with Gasteiger partial charge in [0.15, 0.2) is 16.7 Å². The van der Waals surface area contributed by atoms with Gasteiger partial charge in [0.1, 0.15) is 12.4 Å². The fourth-order valence-corrected chi connectivity index (χ4v) is 3.62. The SMILES string of the molecule is CCOc1cc(/C=N\NC(=O)CSc2nc(C)cc(C)n2)ccc1OCc1cccc(F)c1. The van der Waals surface area contributed by atoms with Crippen LogP contribution in [-0.2, 0) is 11.4 Å². The van der Waals surface area contributed by atoms with Crippen molar-refractivity contribution in [3.05, 3.63) is 76.9 Å². The van der Waals surface area contributed by atoms with Gasteiger partial charge in [0, 0.05) is 11.4 Å². The van der Waals surface area contributed by atoms with Crippen LogP contribution in [0.2, 0.25) is 0 Å². The molecule has 0 atom stereocenters. The summed E-state index contributed by atoms with van der Waals surface area (Å²) < 4.78 is 24.8. The number of carbonyl (C=O) groups excluding carboxylic acids is 1. The van der Waals surface area contributed by atoms with E-state index in [1.807, 2.05) is 26.8 Å². The highest BCUT2D eigenvalue weighted by molar-refractivity contribution is 7.99. The number of ether oxygens (including phenoxy) is 2. The van der Waals surface area contributed by atoms with Crippen molar-refractivity contribution in [2.24, 2.45) is 5.10 Å². The molecule has 33 heavy (non-hydrogen) atoms. The molecule has 1 N–H and O–H groups in total. The van der Waals surface area contributed by atoms with E-state index in [9.17, 15) is 9.18 Å². The third-order valence-corrected chi connectivity index (χ3v) is 5.10. The first-order valence-electron chi connectivity index (χ1n) is 10.3. The number of amides is 1. The molecule has 3 rings (SSSR count). The highest BCUT2D eigenvalue weighted by Crippen LogP contribution is 2.29. The minimum atomic E-state index is -0.310. The zero-order valence-corrected chi connectivity index (χ0v) is 19.5. The Kier molecular flexibility index (Phi) is 8.77. The number of nitrogens with zero attached hydrogens (tertiary/aromatic N) is 3. The summed E-state index contributed by atoms with van der Waals surface area (Å²) in [6.45, 7) is 6.30. The lowest BCUT2D eigenvalue weighted by molar-refractivity contribution is -0.118. The zero-order valence-electron chi connectivity index (χ0n) is 18.7. The average Bonchev–Trinajstić information content (AvgIpc) is 2.77. The fraction of sp³-hybridized carbons (Fsp3) is 0.250. The van der Waals surface area contributed by atoms with Gasteiger partial charge in [-0.05, 0) is 68.3 Å². The lowest BCUT2D eigenvalue weighted by Gasteiger charge is -2.12. The number of thioether (sulfide) groups is 1. The first-order chi connectivity index (χ1) is 15.9. The molecule has 172 valence electrons. The molecule has 0 spiro atoms. The molecule has 1 aromatic heterocycles. The standard InChI is InChI=1S/C24H25FN4O3S/c1-4-31-22-12-18(8-9-21(22)32-14-19-6-5-7-20(25)11-19)13-26-29-23(30)15-33-24-27-16(2)10-17(3)28-24/h5-13H,4,14-15H2,1-3H3,(H,29,30)/b26-13-. The van der Waals surface area contributed by atoms with E-state index in [0.29, 0.717) is 23.3 Å². The Balaban J connectivity index is 1.56. The Hall–Kier alpha value is -3.46. The van der Waals surface area contributed by atoms with Crippen LogP contribution in [0.1, 0.15) is 29.4 Å². The number of nitrogens with one attached hydrogen (secondary N) is 1. The summed E-state index contributed by atoms with van der Waals surface area (Å²) in [7, 11) is 0. The molecule has 7 nitrogen and oxygen atoms in total. The van der Waals surface area contributed by atoms with Crippen molar-refractivity contribution in [1.29, 1.82) is 0 Å². The largest absolute Gasteiger partial charge is 0.490 e. The topological polar surface area (TPSA) is 85.7 Å². The average molecular weight is 469 g/mol. The summed E-state index contributed by atoms with van der Waals surface area (Å²) in [5, 5.41) is 4.56. The van der Waals surface area contributed by atoms with E-state index in [-0.39, 0.29) is 24.1 Å². The van der Waals surface area contributed by atoms with Crippen LogP contribution in [0.5, 0.6) is 11.5 Å². The summed E-state index contributed by atoms with van der Waals surface area (Å²) in [5.41, 5.74) is 5.65. The molecule has 0 unspecified atom stereocenters. The van der Waals surface area contributed by atoms with Crippen LogP contribution in [0.15, 0.2) is 58.8 Å². The van der Waals surface area contributed by atoms with E-state index in [1.54, 1.807) is 30.3 Å². The predicted octanol–water partition coefficient (Wildman–Crippen LogP) is 4.45. The monoisotopic (exact) mass is 468 g/mol. The van der Waals surface area contributed by atoms with Gasteiger partial charge in [0.2, 0.25) is 0 Å². The summed E-state index contributed by atoms with van der Waals surface area (Å²) in [6, 6.07) is 13.4. The molecule has 1 heterocycles. The third-order valence-electron chi connectivity index (χ3n) is 4.25. The normalized spacial score (nSPS) is 10.9. The van der Waals surface area contributed by atoms with Crippen LogP contribution < -0.4 is 14.9 Å². The van der Waals surface area contributed by atoms with Gasteiger partial charge < -0.3 is 9.47 Å². The second kappa shape index (κ2) is 12.0. The molecular formula is C24H25FN4O3S. The number of hydrogen-bond donors (Lipinski definition) is 1. The van der Waals surface area contributed by atoms with Crippen molar-refractivity contribution >= 4 is 23.9 Å². The summed E-state index contributed by atoms with van der Waals surface area (Å²) >= 11 is 1.25. The molecule has 0 aliphatic rings. The van der Waals surface area contributed by atoms with E-state index in [4.69, 9.17) is 9.47 Å². The van der Waals surface area contributed by atoms with E-state index in [0.717, 1.165) is 22.5 Å². The van der Waals surface area contributed by atoms with Crippen molar-refractivity contribution < 1.29 is 18.7 Å². The number of aryl methyl sites for hydroxylation is 2. The highest BCUT2D eigenvalue weighted by atomic mass is 32.2. The quantitative estimate of drug-likeness (QED) is 0.205. The Morgan fingerprint density at radius 3 is 2.61 bits per heavy atom. The van der Waals surface area contributed by atoms with Gasteiger partial charge in [-0.2, -0.15) is 5.10 Å². The summed E-state index contributed by atoms with van der Waals surface area (Å²) in [4.78, 5) is 20.7. The van der Waals surface area contributed by atoms with Gasteiger partial charge >= 0.3 is 0 Å². The second-order valence-corrected chi connectivity index (χ2v) is 8.02. The van der Waals surface area contributed by atoms with Crippen LogP contribution in [0.4, 0.5) is 4.39 Å². The number of carbonyl (C=O) groups is 1. The number of benzene rings is 2. The Labute approximate surface area is 196 Å². The molecule has 2 aromatic carbocycles. The van der Waals surface area contributed by atoms with Crippen molar-refractivity contribution in [2.75, 3.05) is 12.4 Å². The molecule has 0 fully saturated rings. The summed E-state index contributed by atoms with van der Waals surface area (Å²) in [6.07, 6.45) is 1.52. The number of hydrazone groups is 1. The molecule has 0 aliphatic carbocycles. The first kappa shape index (κ1) is 24.2. The minimum Gasteiger partial charge on any atom is -0.490 e. The van der Waals surface area contributed by atoms with Gasteiger partial charge in [0.05, 0.1) is 18.6 Å². The third kappa shape index (κ3) is 7.87. The second-order valence-electron chi connectivity index (χ2n) is 7.07. The number of halogens is 1. The highest BCUT2D eigenvalue weighted by Gasteiger charge is 2.08. The van der Waals surface area contributed by atoms with Gasteiger partial charge in [-0.1, -0.05) is 23.9 Å². The van der Waals surface area contributed by atoms with Gasteiger partial charge in [0.25, 0.3) is 5.91 Å². The fourth-order valence-electron chi connectivity index (χ4n) is 2.88. The molecule has 0 radical (unpaired) electrons. The van der Waals surface area contributed by atoms with Crippen LogP contribution in [0, 0.1) is 19.7 Å². The molecule has 1 amide bonds. The molecule has 9 heteroatoms. The maximum Gasteiger partial charge on any atom is 0.250 e. The number of rotatable bonds is 10. The predicted molar refractivity (Wildman–Crippen MR) is 126 cm³/mol. The Morgan fingerprint density at radius 1 is 1.09 bits per heavy atom. The van der Waals surface area contributed by atoms with Crippen LogP contribution in [0.3, 0.4) is 0 Å². The van der Waals surface area contributed by atoms with Crippen molar-refractivity contribution in [1.82, 2.24) is 15.4 Å². The summed E-state index contributed by atoms with van der Waals surface area (Å²) in [5.74, 6) is 0.643. The molecule has 3 aromatic rings. The Morgan fingerprint density at radius 2 is 1.88 bits per heavy atom. The van der Waals surface area contributed by atoms with Gasteiger partial charge in [-0.15, -0.1) is 0 Å². The lowest BCUT2D eigenvalue weighted by atomic mass is 10.2.